The Balaban J connectivity index is 1.55. The lowest BCUT2D eigenvalue weighted by atomic mass is 9.83. The minimum atomic E-state index is -4.73. The Kier molecular flexibility index (Phi) is 7.59. The van der Waals surface area contributed by atoms with Crippen LogP contribution in [0.25, 0.3) is 11.1 Å². The molecule has 1 fully saturated rings. The van der Waals surface area contributed by atoms with Crippen LogP contribution in [0.1, 0.15) is 48.2 Å². The van der Waals surface area contributed by atoms with E-state index in [0.29, 0.717) is 22.8 Å². The molecule has 1 aliphatic rings. The highest BCUT2D eigenvalue weighted by Crippen LogP contribution is 2.31. The van der Waals surface area contributed by atoms with E-state index in [-0.39, 0.29) is 23.7 Å². The Morgan fingerprint density at radius 3 is 2.58 bits per heavy atom. The van der Waals surface area contributed by atoms with Gasteiger partial charge < -0.3 is 14.8 Å². The van der Waals surface area contributed by atoms with E-state index >= 15 is 0 Å². The smallest absolute Gasteiger partial charge is 0.469 e. The second kappa shape index (κ2) is 10.2. The maximum absolute atomic E-state index is 12.7. The number of carbonyl (C=O) groups excluding carboxylic acids is 2. The Morgan fingerprint density at radius 1 is 1.16 bits per heavy atom. The lowest BCUT2D eigenvalue weighted by molar-refractivity contribution is -0.274. The molecule has 9 heteroatoms. The zero-order valence-electron chi connectivity index (χ0n) is 17.0. The minimum absolute atomic E-state index is 0.0632. The van der Waals surface area contributed by atoms with E-state index in [2.05, 4.69) is 10.1 Å². The molecule has 2 atom stereocenters. The molecule has 2 unspecified atom stereocenters. The number of halogens is 3. The molecule has 1 saturated carbocycles. The summed E-state index contributed by atoms with van der Waals surface area (Å²) in [4.78, 5) is 24.6. The topological polar surface area (TPSA) is 64.6 Å². The number of carbonyl (C=O) groups is 2. The molecule has 1 amide bonds. The molecule has 1 aromatic carbocycles. The summed E-state index contributed by atoms with van der Waals surface area (Å²) in [6, 6.07) is 7.34. The molecule has 1 aliphatic carbocycles. The standard InChI is InChI=1S/C22H24F3NO4S/c1-29-20(27)10-5-14-3-2-4-17(11-14)26-21(28)19-12-16(13-31-19)15-6-8-18(9-7-15)30-22(23,24)25/h6-9,12-14,17H,2-5,10-11H2,1H3,(H,26,28). The predicted molar refractivity (Wildman–Crippen MR) is 111 cm³/mol. The molecule has 0 radical (unpaired) electrons. The van der Waals surface area contributed by atoms with Crippen molar-refractivity contribution >= 4 is 23.2 Å². The van der Waals surface area contributed by atoms with Gasteiger partial charge in [-0.3, -0.25) is 9.59 Å². The number of thiophene rings is 1. The van der Waals surface area contributed by atoms with Crippen LogP contribution >= 0.6 is 11.3 Å². The molecule has 1 aromatic heterocycles. The van der Waals surface area contributed by atoms with Crippen LogP contribution in [0, 0.1) is 5.92 Å². The van der Waals surface area contributed by atoms with Crippen molar-refractivity contribution in [2.24, 2.45) is 5.92 Å². The molecule has 1 heterocycles. The van der Waals surface area contributed by atoms with Crippen molar-refractivity contribution in [3.05, 3.63) is 40.6 Å². The third kappa shape index (κ3) is 6.99. The average Bonchev–Trinajstić information content (AvgIpc) is 3.22. The highest BCUT2D eigenvalue weighted by Gasteiger charge is 2.31. The van der Waals surface area contributed by atoms with Crippen LogP contribution in [0.3, 0.4) is 0 Å². The van der Waals surface area contributed by atoms with E-state index < -0.39 is 6.36 Å². The van der Waals surface area contributed by atoms with Crippen molar-refractivity contribution in [3.8, 4) is 16.9 Å². The molecule has 2 aromatic rings. The first-order valence-corrected chi connectivity index (χ1v) is 10.9. The van der Waals surface area contributed by atoms with E-state index in [1.165, 1.54) is 42.7 Å². The zero-order chi connectivity index (χ0) is 22.4. The van der Waals surface area contributed by atoms with Crippen molar-refractivity contribution in [1.29, 1.82) is 0 Å². The van der Waals surface area contributed by atoms with Crippen LogP contribution in [-0.4, -0.2) is 31.4 Å². The third-order valence-electron chi connectivity index (χ3n) is 5.35. The van der Waals surface area contributed by atoms with Gasteiger partial charge >= 0.3 is 12.3 Å². The third-order valence-corrected chi connectivity index (χ3v) is 6.28. The van der Waals surface area contributed by atoms with Gasteiger partial charge in [0.25, 0.3) is 5.91 Å². The van der Waals surface area contributed by atoms with E-state index in [0.717, 1.165) is 37.7 Å². The summed E-state index contributed by atoms with van der Waals surface area (Å²) in [5.41, 5.74) is 1.46. The summed E-state index contributed by atoms with van der Waals surface area (Å²) in [5.74, 6) is -0.278. The molecule has 3 rings (SSSR count). The van der Waals surface area contributed by atoms with Gasteiger partial charge in [-0.1, -0.05) is 25.0 Å². The highest BCUT2D eigenvalue weighted by atomic mass is 32.1. The van der Waals surface area contributed by atoms with Gasteiger partial charge in [-0.15, -0.1) is 24.5 Å². The maximum Gasteiger partial charge on any atom is 0.573 e. The second-order valence-corrected chi connectivity index (χ2v) is 8.50. The molecular weight excluding hydrogens is 431 g/mol. The Bertz CT molecular complexity index is 895. The molecule has 0 spiro atoms. The number of hydrogen-bond donors (Lipinski definition) is 1. The molecule has 31 heavy (non-hydrogen) atoms. The quantitative estimate of drug-likeness (QED) is 0.556. The van der Waals surface area contributed by atoms with Gasteiger partial charge in [0.05, 0.1) is 12.0 Å². The lowest BCUT2D eigenvalue weighted by Gasteiger charge is -2.29. The Morgan fingerprint density at radius 2 is 1.90 bits per heavy atom. The van der Waals surface area contributed by atoms with Gasteiger partial charge in [0.2, 0.25) is 0 Å². The number of benzene rings is 1. The van der Waals surface area contributed by atoms with Crippen molar-refractivity contribution in [1.82, 2.24) is 5.32 Å². The summed E-state index contributed by atoms with van der Waals surface area (Å²) in [5, 5.41) is 4.88. The molecule has 168 valence electrons. The first-order valence-electron chi connectivity index (χ1n) is 10.1. The summed E-state index contributed by atoms with van der Waals surface area (Å²) < 4.78 is 45.4. The summed E-state index contributed by atoms with van der Waals surface area (Å²) in [7, 11) is 1.38. The largest absolute Gasteiger partial charge is 0.573 e. The first kappa shape index (κ1) is 23.1. The number of alkyl halides is 3. The van der Waals surface area contributed by atoms with Crippen LogP contribution in [0.5, 0.6) is 5.75 Å². The number of hydrogen-bond acceptors (Lipinski definition) is 5. The number of amides is 1. The van der Waals surface area contributed by atoms with Crippen LogP contribution in [0.2, 0.25) is 0 Å². The lowest BCUT2D eigenvalue weighted by Crippen LogP contribution is -2.38. The van der Waals surface area contributed by atoms with Crippen molar-refractivity contribution in [2.75, 3.05) is 7.11 Å². The van der Waals surface area contributed by atoms with Crippen LogP contribution in [-0.2, 0) is 9.53 Å². The second-order valence-electron chi connectivity index (χ2n) is 7.59. The van der Waals surface area contributed by atoms with E-state index in [1.54, 1.807) is 11.4 Å². The zero-order valence-corrected chi connectivity index (χ0v) is 17.9. The van der Waals surface area contributed by atoms with Crippen molar-refractivity contribution in [2.45, 2.75) is 50.9 Å². The molecule has 1 N–H and O–H groups in total. The van der Waals surface area contributed by atoms with E-state index in [1.807, 2.05) is 0 Å². The van der Waals surface area contributed by atoms with Crippen LogP contribution in [0.4, 0.5) is 13.2 Å². The Hall–Kier alpha value is -2.55. The van der Waals surface area contributed by atoms with E-state index in [4.69, 9.17) is 4.74 Å². The number of ether oxygens (including phenoxy) is 2. The Labute approximate surface area is 182 Å². The fraction of sp³-hybridized carbons (Fsp3) is 0.455. The summed E-state index contributed by atoms with van der Waals surface area (Å²) >= 11 is 1.29. The van der Waals surface area contributed by atoms with E-state index in [9.17, 15) is 22.8 Å². The van der Waals surface area contributed by atoms with Gasteiger partial charge in [0.1, 0.15) is 5.75 Å². The molecule has 0 bridgehead atoms. The number of methoxy groups -OCH3 is 1. The predicted octanol–water partition coefficient (Wildman–Crippen LogP) is 5.56. The fourth-order valence-corrected chi connectivity index (χ4v) is 4.64. The van der Waals surface area contributed by atoms with Crippen LogP contribution < -0.4 is 10.1 Å². The molecule has 0 aliphatic heterocycles. The average molecular weight is 455 g/mol. The highest BCUT2D eigenvalue weighted by molar-refractivity contribution is 7.12. The van der Waals surface area contributed by atoms with Crippen molar-refractivity contribution in [3.63, 3.8) is 0 Å². The fourth-order valence-electron chi connectivity index (χ4n) is 3.82. The number of nitrogens with one attached hydrogen (secondary N) is 1. The number of rotatable bonds is 7. The normalized spacial score (nSPS) is 19.0. The summed E-state index contributed by atoms with van der Waals surface area (Å²) in [6.45, 7) is 0. The van der Waals surface area contributed by atoms with Crippen LogP contribution in [0.15, 0.2) is 35.7 Å². The first-order chi connectivity index (χ1) is 14.7. The SMILES string of the molecule is COC(=O)CCC1CCCC(NC(=O)c2cc(-c3ccc(OC(F)(F)F)cc3)cs2)C1. The van der Waals surface area contributed by atoms with Gasteiger partial charge in [-0.2, -0.15) is 0 Å². The monoisotopic (exact) mass is 455 g/mol. The van der Waals surface area contributed by atoms with Gasteiger partial charge in [-0.25, -0.2) is 0 Å². The van der Waals surface area contributed by atoms with Crippen molar-refractivity contribution < 1.29 is 32.2 Å². The van der Waals surface area contributed by atoms with Gasteiger partial charge in [-0.05, 0) is 59.9 Å². The summed E-state index contributed by atoms with van der Waals surface area (Å²) in [6.07, 6.45) is 0.201. The minimum Gasteiger partial charge on any atom is -0.469 e. The molecular formula is C22H24F3NO4S. The number of esters is 1. The maximum atomic E-state index is 12.7. The molecule has 5 nitrogen and oxygen atoms in total. The van der Waals surface area contributed by atoms with Gasteiger partial charge in [0, 0.05) is 12.5 Å². The van der Waals surface area contributed by atoms with Gasteiger partial charge in [0.15, 0.2) is 0 Å². The molecule has 0 saturated heterocycles.